The van der Waals surface area contributed by atoms with Crippen LogP contribution in [-0.2, 0) is 21.1 Å². The molecule has 0 spiro atoms. The number of nitrogens with zero attached hydrogens (tertiary/aromatic N) is 1. The highest BCUT2D eigenvalue weighted by atomic mass is 32.2. The Morgan fingerprint density at radius 1 is 1.12 bits per heavy atom. The van der Waals surface area contributed by atoms with Gasteiger partial charge in [-0.1, -0.05) is 0 Å². The van der Waals surface area contributed by atoms with Crippen molar-refractivity contribution in [2.24, 2.45) is 0 Å². The zero-order valence-electron chi connectivity index (χ0n) is 9.03. The van der Waals surface area contributed by atoms with Crippen LogP contribution in [0.15, 0.2) is 34.1 Å². The summed E-state index contributed by atoms with van der Waals surface area (Å²) in [6.07, 6.45) is 1.75. The molecule has 0 amide bonds. The first kappa shape index (κ1) is 12.7. The summed E-state index contributed by atoms with van der Waals surface area (Å²) in [5.41, 5.74) is 0. The van der Waals surface area contributed by atoms with Crippen molar-refractivity contribution in [2.45, 2.75) is 22.6 Å². The van der Waals surface area contributed by atoms with Gasteiger partial charge in [-0.3, -0.25) is 4.21 Å². The highest BCUT2D eigenvalue weighted by Gasteiger charge is 2.26. The number of hydrogen-bond acceptors (Lipinski definition) is 4. The van der Waals surface area contributed by atoms with Crippen molar-refractivity contribution < 1.29 is 17.2 Å². The molecule has 1 aromatic rings. The Morgan fingerprint density at radius 3 is 2.12 bits per heavy atom. The van der Waals surface area contributed by atoms with E-state index in [1.165, 1.54) is 28.6 Å². The Hall–Kier alpha value is -0.760. The molecule has 0 aromatic heterocycles. The highest BCUT2D eigenvalue weighted by Crippen LogP contribution is 2.21. The Kier molecular flexibility index (Phi) is 3.62. The summed E-state index contributed by atoms with van der Waals surface area (Å²) >= 11 is -2.32. The minimum atomic E-state index is -3.45. The molecule has 0 saturated carbocycles. The SMILES string of the molecule is O=S([O-])c1ccc(S(=O)(=O)N2CCCC2)cc1. The summed E-state index contributed by atoms with van der Waals surface area (Å²) in [7, 11) is -3.45. The standard InChI is InChI=1S/C10H13NO4S2/c12-16(13)9-3-5-10(6-4-9)17(14,15)11-7-1-2-8-11/h3-6H,1-2,7-8H2,(H,12,13)/p-1. The Bertz CT molecular complexity index is 518. The van der Waals surface area contributed by atoms with Crippen LogP contribution in [0.5, 0.6) is 0 Å². The molecule has 0 bridgehead atoms. The lowest BCUT2D eigenvalue weighted by molar-refractivity contribution is 0.477. The third-order valence-electron chi connectivity index (χ3n) is 2.72. The van der Waals surface area contributed by atoms with Crippen LogP contribution in [0, 0.1) is 0 Å². The molecule has 5 nitrogen and oxygen atoms in total. The zero-order valence-corrected chi connectivity index (χ0v) is 10.7. The van der Waals surface area contributed by atoms with Gasteiger partial charge in [-0.25, -0.2) is 8.42 Å². The van der Waals surface area contributed by atoms with E-state index < -0.39 is 21.1 Å². The molecule has 1 atom stereocenters. The topological polar surface area (TPSA) is 77.5 Å². The van der Waals surface area contributed by atoms with E-state index >= 15 is 0 Å². The summed E-state index contributed by atoms with van der Waals surface area (Å²) < 4.78 is 46.9. The smallest absolute Gasteiger partial charge is 0.243 e. The van der Waals surface area contributed by atoms with Gasteiger partial charge in [0.1, 0.15) is 0 Å². The maximum atomic E-state index is 12.1. The van der Waals surface area contributed by atoms with E-state index in [4.69, 9.17) is 0 Å². The van der Waals surface area contributed by atoms with E-state index in [9.17, 15) is 17.2 Å². The third kappa shape index (κ3) is 2.57. The van der Waals surface area contributed by atoms with Crippen LogP contribution < -0.4 is 0 Å². The van der Waals surface area contributed by atoms with Gasteiger partial charge in [0.05, 0.1) is 4.90 Å². The molecule has 1 aliphatic heterocycles. The molecule has 1 fully saturated rings. The fourth-order valence-corrected chi connectivity index (χ4v) is 3.68. The van der Waals surface area contributed by atoms with Crippen molar-refractivity contribution in [3.8, 4) is 0 Å². The van der Waals surface area contributed by atoms with Crippen LogP contribution >= 0.6 is 0 Å². The molecule has 7 heteroatoms. The Morgan fingerprint density at radius 2 is 1.65 bits per heavy atom. The van der Waals surface area contributed by atoms with Crippen molar-refractivity contribution in [3.63, 3.8) is 0 Å². The van der Waals surface area contributed by atoms with Gasteiger partial charge in [-0.2, -0.15) is 4.31 Å². The molecular weight excluding hydrogens is 262 g/mol. The summed E-state index contributed by atoms with van der Waals surface area (Å²) in [5, 5.41) is 0. The molecule has 1 aliphatic rings. The summed E-state index contributed by atoms with van der Waals surface area (Å²) in [6, 6.07) is 5.26. The van der Waals surface area contributed by atoms with Gasteiger partial charge in [0.15, 0.2) is 0 Å². The monoisotopic (exact) mass is 274 g/mol. The van der Waals surface area contributed by atoms with Crippen molar-refractivity contribution in [1.29, 1.82) is 0 Å². The van der Waals surface area contributed by atoms with Gasteiger partial charge in [-0.15, -0.1) is 0 Å². The van der Waals surface area contributed by atoms with Gasteiger partial charge in [0.25, 0.3) is 0 Å². The van der Waals surface area contributed by atoms with Gasteiger partial charge < -0.3 is 4.55 Å². The summed E-state index contributed by atoms with van der Waals surface area (Å²) in [5.74, 6) is 0. The van der Waals surface area contributed by atoms with Crippen LogP contribution in [-0.4, -0.2) is 34.6 Å². The fraction of sp³-hybridized carbons (Fsp3) is 0.400. The number of rotatable bonds is 3. The molecule has 1 heterocycles. The lowest BCUT2D eigenvalue weighted by atomic mass is 10.4. The van der Waals surface area contributed by atoms with Crippen LogP contribution in [0.25, 0.3) is 0 Å². The molecule has 0 radical (unpaired) electrons. The highest BCUT2D eigenvalue weighted by molar-refractivity contribution is 7.89. The first-order valence-corrected chi connectivity index (χ1v) is 7.73. The van der Waals surface area contributed by atoms with E-state index in [-0.39, 0.29) is 9.79 Å². The van der Waals surface area contributed by atoms with Crippen LogP contribution in [0.4, 0.5) is 0 Å². The van der Waals surface area contributed by atoms with E-state index in [1.807, 2.05) is 0 Å². The first-order chi connectivity index (χ1) is 8.01. The van der Waals surface area contributed by atoms with E-state index in [2.05, 4.69) is 0 Å². The quantitative estimate of drug-likeness (QED) is 0.760. The molecular formula is C10H12NO4S2-. The second kappa shape index (κ2) is 4.85. The maximum Gasteiger partial charge on any atom is 0.243 e. The van der Waals surface area contributed by atoms with E-state index in [0.717, 1.165) is 12.8 Å². The van der Waals surface area contributed by atoms with Crippen molar-refractivity contribution in [2.75, 3.05) is 13.1 Å². The van der Waals surface area contributed by atoms with E-state index in [1.54, 1.807) is 0 Å². The zero-order chi connectivity index (χ0) is 12.5. The van der Waals surface area contributed by atoms with Crippen molar-refractivity contribution >= 4 is 21.1 Å². The molecule has 94 valence electrons. The normalized spacial score (nSPS) is 19.4. The minimum Gasteiger partial charge on any atom is -0.768 e. The summed E-state index contributed by atoms with van der Waals surface area (Å²) in [4.78, 5) is 0.235. The summed E-state index contributed by atoms with van der Waals surface area (Å²) in [6.45, 7) is 1.08. The van der Waals surface area contributed by atoms with Crippen LogP contribution in [0.2, 0.25) is 0 Å². The third-order valence-corrected chi connectivity index (χ3v) is 5.29. The van der Waals surface area contributed by atoms with Gasteiger partial charge in [0, 0.05) is 18.0 Å². The number of hydrogen-bond donors (Lipinski definition) is 0. The Labute approximate surface area is 103 Å². The first-order valence-electron chi connectivity index (χ1n) is 5.21. The minimum absolute atomic E-state index is 0.0883. The average Bonchev–Trinajstić information content (AvgIpc) is 2.83. The molecule has 1 unspecified atom stereocenters. The largest absolute Gasteiger partial charge is 0.768 e. The van der Waals surface area contributed by atoms with E-state index in [0.29, 0.717) is 13.1 Å². The fourth-order valence-electron chi connectivity index (χ4n) is 1.80. The molecule has 2 rings (SSSR count). The second-order valence-corrected chi connectivity index (χ2v) is 6.70. The lowest BCUT2D eigenvalue weighted by Crippen LogP contribution is -2.27. The number of benzene rings is 1. The molecule has 1 aromatic carbocycles. The predicted molar refractivity (Wildman–Crippen MR) is 61.6 cm³/mol. The molecule has 0 aliphatic carbocycles. The van der Waals surface area contributed by atoms with Crippen molar-refractivity contribution in [3.05, 3.63) is 24.3 Å². The van der Waals surface area contributed by atoms with Crippen molar-refractivity contribution in [1.82, 2.24) is 4.31 Å². The average molecular weight is 274 g/mol. The predicted octanol–water partition coefficient (Wildman–Crippen LogP) is 0.709. The number of sulfonamides is 1. The van der Waals surface area contributed by atoms with Gasteiger partial charge in [0.2, 0.25) is 10.0 Å². The van der Waals surface area contributed by atoms with Crippen LogP contribution in [0.3, 0.4) is 0 Å². The Balaban J connectivity index is 2.30. The van der Waals surface area contributed by atoms with Crippen LogP contribution in [0.1, 0.15) is 12.8 Å². The lowest BCUT2D eigenvalue weighted by Gasteiger charge is -2.15. The molecule has 1 saturated heterocycles. The molecule has 0 N–H and O–H groups in total. The maximum absolute atomic E-state index is 12.1. The molecule has 17 heavy (non-hydrogen) atoms. The second-order valence-electron chi connectivity index (χ2n) is 3.82. The van der Waals surface area contributed by atoms with Gasteiger partial charge >= 0.3 is 0 Å². The van der Waals surface area contributed by atoms with Gasteiger partial charge in [-0.05, 0) is 48.2 Å².